The third-order valence-corrected chi connectivity index (χ3v) is 3.57. The molecule has 20 heavy (non-hydrogen) atoms. The third kappa shape index (κ3) is 5.89. The van der Waals surface area contributed by atoms with Gasteiger partial charge in [0.1, 0.15) is 24.4 Å². The summed E-state index contributed by atoms with van der Waals surface area (Å²) in [5.41, 5.74) is 0. The quantitative estimate of drug-likeness (QED) is 0.413. The number of allylic oxidation sites excluding steroid dienone is 2. The van der Waals surface area contributed by atoms with Crippen molar-refractivity contribution in [2.24, 2.45) is 0 Å². The van der Waals surface area contributed by atoms with Crippen LogP contribution in [0.4, 0.5) is 0 Å². The van der Waals surface area contributed by atoms with Crippen LogP contribution in [-0.4, -0.2) is 59.6 Å². The van der Waals surface area contributed by atoms with E-state index in [1.165, 1.54) is 12.8 Å². The van der Waals surface area contributed by atoms with Crippen LogP contribution in [0.5, 0.6) is 0 Å². The van der Waals surface area contributed by atoms with Gasteiger partial charge in [0.15, 0.2) is 0 Å². The van der Waals surface area contributed by atoms with Gasteiger partial charge in [-0.25, -0.2) is 0 Å². The van der Waals surface area contributed by atoms with Gasteiger partial charge in [0, 0.05) is 6.61 Å². The average Bonchev–Trinajstić information content (AvgIpc) is 2.78. The van der Waals surface area contributed by atoms with Crippen LogP contribution in [0.15, 0.2) is 12.2 Å². The van der Waals surface area contributed by atoms with E-state index < -0.39 is 24.4 Å². The molecule has 1 rings (SSSR count). The first-order chi connectivity index (χ1) is 9.70. The lowest BCUT2D eigenvalue weighted by Gasteiger charge is -2.24. The van der Waals surface area contributed by atoms with E-state index in [4.69, 9.17) is 9.47 Å². The minimum Gasteiger partial charge on any atom is -0.394 e. The summed E-state index contributed by atoms with van der Waals surface area (Å²) in [5.74, 6) is 0. The third-order valence-electron chi connectivity index (χ3n) is 3.57. The molecule has 1 fully saturated rings. The van der Waals surface area contributed by atoms with E-state index >= 15 is 0 Å². The molecule has 3 N–H and O–H groups in total. The molecule has 0 radical (unpaired) electrons. The van der Waals surface area contributed by atoms with Gasteiger partial charge in [-0.05, 0) is 26.2 Å². The molecule has 5 nitrogen and oxygen atoms in total. The largest absolute Gasteiger partial charge is 0.394 e. The predicted octanol–water partition coefficient (Wildman–Crippen LogP) is 1.01. The van der Waals surface area contributed by atoms with E-state index in [1.54, 1.807) is 0 Å². The van der Waals surface area contributed by atoms with Gasteiger partial charge in [-0.3, -0.25) is 0 Å². The summed E-state index contributed by atoms with van der Waals surface area (Å²) in [6.45, 7) is 2.45. The van der Waals surface area contributed by atoms with E-state index in [2.05, 4.69) is 12.2 Å². The Morgan fingerprint density at radius 1 is 1.25 bits per heavy atom. The Kier molecular flexibility index (Phi) is 9.05. The molecule has 0 spiro atoms. The second kappa shape index (κ2) is 10.3. The maximum Gasteiger partial charge on any atom is 0.114 e. The summed E-state index contributed by atoms with van der Waals surface area (Å²) in [7, 11) is 0. The topological polar surface area (TPSA) is 79.2 Å². The molecular formula is C15H28O5. The first-order valence-electron chi connectivity index (χ1n) is 7.52. The summed E-state index contributed by atoms with van der Waals surface area (Å²) in [6, 6.07) is 0. The Hall–Kier alpha value is -0.460. The first kappa shape index (κ1) is 17.6. The molecule has 1 aliphatic heterocycles. The Balaban J connectivity index is 2.10. The first-order valence-corrected chi connectivity index (χ1v) is 7.52. The lowest BCUT2D eigenvalue weighted by atomic mass is 10.1. The highest BCUT2D eigenvalue weighted by atomic mass is 16.6. The maximum atomic E-state index is 9.71. The molecule has 0 aromatic rings. The smallest absolute Gasteiger partial charge is 0.114 e. The van der Waals surface area contributed by atoms with Crippen molar-refractivity contribution in [2.45, 2.75) is 63.4 Å². The molecule has 5 heteroatoms. The normalized spacial score (nSPS) is 28.3. The van der Waals surface area contributed by atoms with Crippen molar-refractivity contribution < 1.29 is 24.8 Å². The number of hydrogen-bond donors (Lipinski definition) is 3. The Labute approximate surface area is 121 Å². The van der Waals surface area contributed by atoms with Gasteiger partial charge in [-0.1, -0.05) is 25.0 Å². The highest BCUT2D eigenvalue weighted by molar-refractivity contribution is 4.88. The monoisotopic (exact) mass is 288 g/mol. The van der Waals surface area contributed by atoms with E-state index in [0.29, 0.717) is 6.61 Å². The zero-order valence-corrected chi connectivity index (χ0v) is 12.3. The van der Waals surface area contributed by atoms with E-state index in [-0.39, 0.29) is 13.2 Å². The van der Waals surface area contributed by atoms with Crippen molar-refractivity contribution in [3.63, 3.8) is 0 Å². The number of rotatable bonds is 10. The molecule has 0 aromatic carbocycles. The van der Waals surface area contributed by atoms with Crippen molar-refractivity contribution in [1.82, 2.24) is 0 Å². The van der Waals surface area contributed by atoms with Gasteiger partial charge in [0.05, 0.1) is 13.2 Å². The van der Waals surface area contributed by atoms with E-state index in [0.717, 1.165) is 19.3 Å². The zero-order chi connectivity index (χ0) is 14.8. The lowest BCUT2D eigenvalue weighted by Crippen LogP contribution is -2.42. The predicted molar refractivity (Wildman–Crippen MR) is 76.5 cm³/mol. The fourth-order valence-corrected chi connectivity index (χ4v) is 2.32. The fourth-order valence-electron chi connectivity index (χ4n) is 2.32. The Morgan fingerprint density at radius 3 is 2.60 bits per heavy atom. The number of aliphatic hydroxyl groups excluding tert-OH is 3. The van der Waals surface area contributed by atoms with Crippen LogP contribution in [0.3, 0.4) is 0 Å². The van der Waals surface area contributed by atoms with Crippen molar-refractivity contribution in [3.05, 3.63) is 12.2 Å². The zero-order valence-electron chi connectivity index (χ0n) is 12.3. The fraction of sp³-hybridized carbons (Fsp3) is 0.867. The van der Waals surface area contributed by atoms with Gasteiger partial charge in [-0.15, -0.1) is 0 Å². The van der Waals surface area contributed by atoms with E-state index in [9.17, 15) is 15.3 Å². The number of aliphatic hydroxyl groups is 3. The van der Waals surface area contributed by atoms with Crippen LogP contribution in [-0.2, 0) is 9.47 Å². The molecule has 1 heterocycles. The van der Waals surface area contributed by atoms with Gasteiger partial charge >= 0.3 is 0 Å². The average molecular weight is 288 g/mol. The minimum absolute atomic E-state index is 0.0939. The molecule has 1 saturated heterocycles. The Bertz CT molecular complexity index is 269. The number of unbranched alkanes of at least 4 members (excludes halogenated alkanes) is 4. The standard InChI is InChI=1S/C15H28O5/c1-2-3-4-5-6-7-8-9-19-13(10-16)15-14(18)12(17)11-20-15/h2-3,12-18H,4-11H2,1H3/b3-2+/t12-,13+,14-,15-/m0/s1. The summed E-state index contributed by atoms with van der Waals surface area (Å²) < 4.78 is 10.8. The molecule has 0 unspecified atom stereocenters. The molecule has 1 aliphatic rings. The van der Waals surface area contributed by atoms with E-state index in [1.807, 2.05) is 6.92 Å². The van der Waals surface area contributed by atoms with Gasteiger partial charge in [0.25, 0.3) is 0 Å². The summed E-state index contributed by atoms with van der Waals surface area (Å²) in [4.78, 5) is 0. The molecule has 0 aliphatic carbocycles. The van der Waals surface area contributed by atoms with Crippen molar-refractivity contribution in [2.75, 3.05) is 19.8 Å². The van der Waals surface area contributed by atoms with Crippen LogP contribution >= 0.6 is 0 Å². The highest BCUT2D eigenvalue weighted by Gasteiger charge is 2.40. The highest BCUT2D eigenvalue weighted by Crippen LogP contribution is 2.19. The maximum absolute atomic E-state index is 9.71. The summed E-state index contributed by atoms with van der Waals surface area (Å²) in [6.07, 6.45) is 6.66. The molecule has 0 aromatic heterocycles. The van der Waals surface area contributed by atoms with Gasteiger partial charge in [0.2, 0.25) is 0 Å². The van der Waals surface area contributed by atoms with Gasteiger partial charge < -0.3 is 24.8 Å². The summed E-state index contributed by atoms with van der Waals surface area (Å²) >= 11 is 0. The minimum atomic E-state index is -0.979. The van der Waals surface area contributed by atoms with Crippen LogP contribution in [0.2, 0.25) is 0 Å². The van der Waals surface area contributed by atoms with Gasteiger partial charge in [-0.2, -0.15) is 0 Å². The SMILES string of the molecule is C/C=C/CCCCCCO[C@H](CO)[C@@H]1OC[C@H](O)[C@@H]1O. The second-order valence-corrected chi connectivity index (χ2v) is 5.22. The molecule has 0 saturated carbocycles. The number of hydrogen-bond acceptors (Lipinski definition) is 5. The van der Waals surface area contributed by atoms with Crippen LogP contribution < -0.4 is 0 Å². The molecule has 0 amide bonds. The second-order valence-electron chi connectivity index (χ2n) is 5.22. The lowest BCUT2D eigenvalue weighted by molar-refractivity contribution is -0.101. The molecule has 118 valence electrons. The van der Waals surface area contributed by atoms with Crippen LogP contribution in [0.1, 0.15) is 39.0 Å². The van der Waals surface area contributed by atoms with Crippen molar-refractivity contribution >= 4 is 0 Å². The van der Waals surface area contributed by atoms with Crippen molar-refractivity contribution in [1.29, 1.82) is 0 Å². The van der Waals surface area contributed by atoms with Crippen LogP contribution in [0, 0.1) is 0 Å². The molecular weight excluding hydrogens is 260 g/mol. The number of ether oxygens (including phenoxy) is 2. The molecule has 4 atom stereocenters. The summed E-state index contributed by atoms with van der Waals surface area (Å²) in [5, 5.41) is 28.4. The van der Waals surface area contributed by atoms with Crippen LogP contribution in [0.25, 0.3) is 0 Å². The van der Waals surface area contributed by atoms with Crippen molar-refractivity contribution in [3.8, 4) is 0 Å². The Morgan fingerprint density at radius 2 is 2.00 bits per heavy atom. The molecule has 0 bridgehead atoms.